The van der Waals surface area contributed by atoms with Crippen LogP contribution in [0.4, 0.5) is 5.82 Å². The van der Waals surface area contributed by atoms with Gasteiger partial charge in [-0.3, -0.25) is 14.5 Å². The van der Waals surface area contributed by atoms with E-state index < -0.39 is 0 Å². The van der Waals surface area contributed by atoms with Crippen LogP contribution in [0.25, 0.3) is 0 Å². The summed E-state index contributed by atoms with van der Waals surface area (Å²) in [6, 6.07) is 0. The van der Waals surface area contributed by atoms with Gasteiger partial charge < -0.3 is 9.47 Å². The summed E-state index contributed by atoms with van der Waals surface area (Å²) in [5.74, 6) is 1.01. The predicted octanol–water partition coefficient (Wildman–Crippen LogP) is 0.506. The smallest absolute Gasteiger partial charge is 0.280 e. The number of aromatic nitrogens is 2. The van der Waals surface area contributed by atoms with E-state index in [1.807, 2.05) is 27.9 Å². The molecule has 0 saturated heterocycles. The number of hydrogen-bond donors (Lipinski definition) is 0. The van der Waals surface area contributed by atoms with Gasteiger partial charge in [0.15, 0.2) is 11.5 Å². The van der Waals surface area contributed by atoms with Crippen molar-refractivity contribution in [2.75, 3.05) is 26.0 Å². The fraction of sp³-hybridized carbons (Fsp3) is 0.545. The third kappa shape index (κ3) is 2.30. The van der Waals surface area contributed by atoms with Gasteiger partial charge in [0.1, 0.15) is 5.82 Å². The van der Waals surface area contributed by atoms with Crippen molar-refractivity contribution in [3.05, 3.63) is 11.5 Å². The minimum Gasteiger partial charge on any atom is -0.361 e. The number of amides is 2. The number of anilines is 1. The third-order valence-corrected chi connectivity index (χ3v) is 2.56. The second-order valence-electron chi connectivity index (χ2n) is 3.99. The zero-order valence-corrected chi connectivity index (χ0v) is 10.9. The van der Waals surface area contributed by atoms with Crippen molar-refractivity contribution >= 4 is 18.1 Å². The van der Waals surface area contributed by atoms with Gasteiger partial charge in [-0.25, -0.2) is 4.98 Å². The van der Waals surface area contributed by atoms with E-state index in [-0.39, 0.29) is 5.91 Å². The van der Waals surface area contributed by atoms with Crippen LogP contribution in [0.2, 0.25) is 0 Å². The molecule has 6 nitrogen and oxygen atoms in total. The Morgan fingerprint density at radius 2 is 2.00 bits per heavy atom. The highest BCUT2D eigenvalue weighted by atomic mass is 16.2. The summed E-state index contributed by atoms with van der Waals surface area (Å²) in [6.07, 6.45) is 0.504. The Kier molecular flexibility index (Phi) is 3.88. The van der Waals surface area contributed by atoms with Crippen LogP contribution in [-0.2, 0) is 11.3 Å². The molecule has 2 amide bonds. The molecule has 0 unspecified atom stereocenters. The maximum atomic E-state index is 12.1. The molecule has 0 aliphatic heterocycles. The van der Waals surface area contributed by atoms with Crippen molar-refractivity contribution in [1.82, 2.24) is 14.5 Å². The zero-order valence-electron chi connectivity index (χ0n) is 10.9. The molecule has 0 N–H and O–H groups in total. The van der Waals surface area contributed by atoms with Gasteiger partial charge in [-0.2, -0.15) is 0 Å². The highest BCUT2D eigenvalue weighted by Gasteiger charge is 2.24. The van der Waals surface area contributed by atoms with Crippen LogP contribution in [-0.4, -0.2) is 47.9 Å². The van der Waals surface area contributed by atoms with Crippen LogP contribution >= 0.6 is 0 Å². The number of aryl methyl sites for hydroxylation is 1. The molecule has 0 fully saturated rings. The van der Waals surface area contributed by atoms with Crippen molar-refractivity contribution in [3.8, 4) is 0 Å². The molecule has 0 radical (unpaired) electrons. The number of imide groups is 1. The molecule has 0 aliphatic carbocycles. The maximum Gasteiger partial charge on any atom is 0.280 e. The van der Waals surface area contributed by atoms with Crippen molar-refractivity contribution in [1.29, 1.82) is 0 Å². The number of rotatable bonds is 4. The topological polar surface area (TPSA) is 58.4 Å². The Hall–Kier alpha value is -1.85. The van der Waals surface area contributed by atoms with Gasteiger partial charge in [-0.1, -0.05) is 0 Å². The molecule has 94 valence electrons. The first kappa shape index (κ1) is 13.2. The van der Waals surface area contributed by atoms with Gasteiger partial charge in [-0.05, 0) is 13.8 Å². The van der Waals surface area contributed by atoms with Crippen molar-refractivity contribution in [2.45, 2.75) is 20.4 Å². The molecule has 17 heavy (non-hydrogen) atoms. The second kappa shape index (κ2) is 4.99. The molecule has 0 spiro atoms. The highest BCUT2D eigenvalue weighted by Crippen LogP contribution is 2.20. The monoisotopic (exact) mass is 238 g/mol. The molecule has 0 bridgehead atoms. The molecule has 1 aromatic heterocycles. The zero-order chi connectivity index (χ0) is 13.2. The van der Waals surface area contributed by atoms with Crippen LogP contribution in [0.1, 0.15) is 23.2 Å². The molecule has 0 saturated carbocycles. The van der Waals surface area contributed by atoms with Gasteiger partial charge in [0.2, 0.25) is 6.41 Å². The minimum absolute atomic E-state index is 0.342. The first-order chi connectivity index (χ1) is 7.93. The Morgan fingerprint density at radius 3 is 2.41 bits per heavy atom. The van der Waals surface area contributed by atoms with E-state index in [9.17, 15) is 9.59 Å². The highest BCUT2D eigenvalue weighted by molar-refractivity contribution is 6.02. The first-order valence-corrected chi connectivity index (χ1v) is 5.40. The Balaban J connectivity index is 3.37. The van der Waals surface area contributed by atoms with Crippen LogP contribution in [0.3, 0.4) is 0 Å². The Bertz CT molecular complexity index is 437. The molecule has 0 aliphatic rings. The average Bonchev–Trinajstić information content (AvgIpc) is 2.64. The lowest BCUT2D eigenvalue weighted by Crippen LogP contribution is -2.29. The lowest BCUT2D eigenvalue weighted by Gasteiger charge is -2.15. The maximum absolute atomic E-state index is 12.1. The molecular weight excluding hydrogens is 220 g/mol. The summed E-state index contributed by atoms with van der Waals surface area (Å²) in [4.78, 5) is 29.9. The molecule has 1 aromatic rings. The largest absolute Gasteiger partial charge is 0.361 e. The lowest BCUT2D eigenvalue weighted by molar-refractivity contribution is -0.115. The minimum atomic E-state index is -0.342. The molecule has 0 aromatic carbocycles. The van der Waals surface area contributed by atoms with E-state index in [1.54, 1.807) is 9.47 Å². The van der Waals surface area contributed by atoms with Gasteiger partial charge in [-0.15, -0.1) is 0 Å². The van der Waals surface area contributed by atoms with E-state index in [0.717, 1.165) is 10.7 Å². The lowest BCUT2D eigenvalue weighted by atomic mass is 10.3. The quantitative estimate of drug-likeness (QED) is 0.717. The number of nitrogens with zero attached hydrogens (tertiary/aromatic N) is 4. The van der Waals surface area contributed by atoms with Gasteiger partial charge in [0.05, 0.1) is 0 Å². The number of carbonyl (C=O) groups is 2. The number of carbonyl (C=O) groups excluding carboxylic acids is 2. The van der Waals surface area contributed by atoms with E-state index in [0.29, 0.717) is 24.5 Å². The average molecular weight is 238 g/mol. The van der Waals surface area contributed by atoms with Gasteiger partial charge >= 0.3 is 0 Å². The fourth-order valence-corrected chi connectivity index (χ4v) is 1.67. The van der Waals surface area contributed by atoms with Crippen LogP contribution in [0, 0.1) is 6.92 Å². The van der Waals surface area contributed by atoms with Gasteiger partial charge in [0, 0.05) is 27.7 Å². The van der Waals surface area contributed by atoms with E-state index in [4.69, 9.17) is 0 Å². The van der Waals surface area contributed by atoms with Crippen LogP contribution in [0.15, 0.2) is 0 Å². The Morgan fingerprint density at radius 1 is 1.41 bits per heavy atom. The van der Waals surface area contributed by atoms with E-state index in [2.05, 4.69) is 4.98 Å². The van der Waals surface area contributed by atoms with E-state index >= 15 is 0 Å². The van der Waals surface area contributed by atoms with Crippen molar-refractivity contribution in [3.63, 3.8) is 0 Å². The molecule has 0 atom stereocenters. The SMILES string of the molecule is CCn1c(C)nc(N(C)C)c1C(=O)N(C)C=O. The molecular formula is C11H18N4O2. The van der Waals surface area contributed by atoms with Crippen LogP contribution < -0.4 is 4.90 Å². The second-order valence-corrected chi connectivity index (χ2v) is 3.99. The van der Waals surface area contributed by atoms with Crippen LogP contribution in [0.5, 0.6) is 0 Å². The summed E-state index contributed by atoms with van der Waals surface area (Å²) < 4.78 is 1.80. The van der Waals surface area contributed by atoms with Crippen molar-refractivity contribution < 1.29 is 9.59 Å². The third-order valence-electron chi connectivity index (χ3n) is 2.56. The normalized spacial score (nSPS) is 10.2. The van der Waals surface area contributed by atoms with Gasteiger partial charge in [0.25, 0.3) is 5.91 Å². The summed E-state index contributed by atoms with van der Waals surface area (Å²) in [7, 11) is 5.08. The molecule has 1 rings (SSSR count). The summed E-state index contributed by atoms with van der Waals surface area (Å²) in [5, 5.41) is 0. The summed E-state index contributed by atoms with van der Waals surface area (Å²) in [6.45, 7) is 4.42. The predicted molar refractivity (Wildman–Crippen MR) is 65.1 cm³/mol. The fourth-order valence-electron chi connectivity index (χ4n) is 1.67. The Labute approximate surface area is 101 Å². The summed E-state index contributed by atoms with van der Waals surface area (Å²) >= 11 is 0. The number of hydrogen-bond acceptors (Lipinski definition) is 4. The number of imidazole rings is 1. The first-order valence-electron chi connectivity index (χ1n) is 5.40. The molecule has 6 heteroatoms. The molecule has 1 heterocycles. The van der Waals surface area contributed by atoms with Crippen molar-refractivity contribution in [2.24, 2.45) is 0 Å². The standard InChI is InChI=1S/C11H18N4O2/c1-6-15-8(2)12-10(13(3)4)9(15)11(17)14(5)7-16/h7H,6H2,1-5H3. The van der Waals surface area contributed by atoms with E-state index in [1.165, 1.54) is 7.05 Å². The summed E-state index contributed by atoms with van der Waals surface area (Å²) in [5.41, 5.74) is 0.449.